The summed E-state index contributed by atoms with van der Waals surface area (Å²) in [4.78, 5) is 11.1. The molecule has 0 aromatic heterocycles. The Bertz CT molecular complexity index is 230. The molecule has 0 saturated carbocycles. The number of alkyl halides is 1. The summed E-state index contributed by atoms with van der Waals surface area (Å²) < 4.78 is 0. The molecule has 0 heterocycles. The van der Waals surface area contributed by atoms with Gasteiger partial charge in [0.2, 0.25) is 0 Å². The molecule has 0 N–H and O–H groups in total. The number of rotatable bonds is 19. The van der Waals surface area contributed by atoms with Gasteiger partial charge in [-0.2, -0.15) is 0 Å². The highest BCUT2D eigenvalue weighted by atomic mass is 35.5. The zero-order chi connectivity index (χ0) is 17.0. The second-order valence-electron chi connectivity index (χ2n) is 7.11. The Labute approximate surface area is 151 Å². The predicted molar refractivity (Wildman–Crippen MR) is 104 cm³/mol. The average molecular weight is 345 g/mol. The molecule has 0 saturated heterocycles. The Morgan fingerprint density at radius 2 is 1.04 bits per heavy atom. The van der Waals surface area contributed by atoms with Crippen molar-refractivity contribution in [3.8, 4) is 0 Å². The SMILES string of the molecule is CCCCCCCCCCCCCC(C=O)CCCCCCCl. The smallest absolute Gasteiger partial charge is 0.123 e. The molecule has 1 unspecified atom stereocenters. The number of carbonyl (C=O) groups excluding carboxylic acids is 1. The molecule has 0 radical (unpaired) electrons. The molecule has 23 heavy (non-hydrogen) atoms. The maximum Gasteiger partial charge on any atom is 0.123 e. The normalized spacial score (nSPS) is 12.4. The molecular weight excluding hydrogens is 304 g/mol. The third kappa shape index (κ3) is 18.1. The van der Waals surface area contributed by atoms with Crippen molar-refractivity contribution in [2.75, 3.05) is 5.88 Å². The molecule has 0 rings (SSSR count). The van der Waals surface area contributed by atoms with E-state index in [9.17, 15) is 4.79 Å². The first-order valence-corrected chi connectivity index (χ1v) is 10.9. The summed E-state index contributed by atoms with van der Waals surface area (Å²) in [6.45, 7) is 2.27. The summed E-state index contributed by atoms with van der Waals surface area (Å²) in [6.07, 6.45) is 23.3. The van der Waals surface area contributed by atoms with E-state index >= 15 is 0 Å². The molecule has 0 fully saturated rings. The number of hydrogen-bond donors (Lipinski definition) is 0. The van der Waals surface area contributed by atoms with E-state index in [1.807, 2.05) is 0 Å². The second kappa shape index (κ2) is 20.0. The largest absolute Gasteiger partial charge is 0.303 e. The molecular formula is C21H41ClO. The predicted octanol–water partition coefficient (Wildman–Crippen LogP) is 7.69. The molecule has 0 amide bonds. The van der Waals surface area contributed by atoms with Crippen molar-refractivity contribution >= 4 is 17.9 Å². The molecule has 0 spiro atoms. The highest BCUT2D eigenvalue weighted by Gasteiger charge is 2.06. The first-order chi connectivity index (χ1) is 11.3. The molecule has 0 aromatic carbocycles. The van der Waals surface area contributed by atoms with Crippen molar-refractivity contribution in [3.63, 3.8) is 0 Å². The molecule has 0 aliphatic rings. The van der Waals surface area contributed by atoms with Crippen molar-refractivity contribution in [1.82, 2.24) is 0 Å². The lowest BCUT2D eigenvalue weighted by molar-refractivity contribution is -0.111. The van der Waals surface area contributed by atoms with Crippen LogP contribution in [0.5, 0.6) is 0 Å². The van der Waals surface area contributed by atoms with E-state index in [-0.39, 0.29) is 0 Å². The summed E-state index contributed by atoms with van der Waals surface area (Å²) in [5.74, 6) is 1.08. The van der Waals surface area contributed by atoms with Crippen LogP contribution < -0.4 is 0 Å². The third-order valence-corrected chi connectivity index (χ3v) is 5.10. The van der Waals surface area contributed by atoms with E-state index in [1.165, 1.54) is 96.2 Å². The zero-order valence-electron chi connectivity index (χ0n) is 15.7. The van der Waals surface area contributed by atoms with E-state index in [0.717, 1.165) is 25.1 Å². The van der Waals surface area contributed by atoms with Gasteiger partial charge in [-0.25, -0.2) is 0 Å². The summed E-state index contributed by atoms with van der Waals surface area (Å²) in [6, 6.07) is 0. The van der Waals surface area contributed by atoms with Gasteiger partial charge < -0.3 is 4.79 Å². The van der Waals surface area contributed by atoms with Gasteiger partial charge in [-0.15, -0.1) is 11.6 Å². The van der Waals surface area contributed by atoms with E-state index < -0.39 is 0 Å². The van der Waals surface area contributed by atoms with Gasteiger partial charge in [-0.05, 0) is 19.3 Å². The lowest BCUT2D eigenvalue weighted by Crippen LogP contribution is -2.02. The van der Waals surface area contributed by atoms with Crippen LogP contribution in [0, 0.1) is 5.92 Å². The van der Waals surface area contributed by atoms with Crippen LogP contribution in [0.3, 0.4) is 0 Å². The standard InChI is InChI=1S/C21H41ClO/c1-2-3-4-5-6-7-8-9-10-11-14-17-21(20-23)18-15-12-13-16-19-22/h20-21H,2-19H2,1H3. The summed E-state index contributed by atoms with van der Waals surface area (Å²) >= 11 is 5.67. The first kappa shape index (κ1) is 23.0. The summed E-state index contributed by atoms with van der Waals surface area (Å²) in [5, 5.41) is 0. The Balaban J connectivity index is 3.26. The van der Waals surface area contributed by atoms with Gasteiger partial charge in [0.1, 0.15) is 6.29 Å². The molecule has 0 aromatic rings. The van der Waals surface area contributed by atoms with Crippen LogP contribution in [-0.4, -0.2) is 12.2 Å². The number of aldehydes is 1. The second-order valence-corrected chi connectivity index (χ2v) is 7.49. The number of unbranched alkanes of at least 4 members (excludes halogenated alkanes) is 13. The van der Waals surface area contributed by atoms with E-state index in [1.54, 1.807) is 0 Å². The van der Waals surface area contributed by atoms with Crippen LogP contribution in [0.4, 0.5) is 0 Å². The molecule has 1 nitrogen and oxygen atoms in total. The van der Waals surface area contributed by atoms with Crippen molar-refractivity contribution in [3.05, 3.63) is 0 Å². The van der Waals surface area contributed by atoms with Crippen molar-refractivity contribution in [2.45, 2.75) is 116 Å². The lowest BCUT2D eigenvalue weighted by Gasteiger charge is -2.09. The third-order valence-electron chi connectivity index (χ3n) is 4.83. The number of halogens is 1. The molecule has 1 atom stereocenters. The van der Waals surface area contributed by atoms with Crippen molar-refractivity contribution < 1.29 is 4.79 Å². The highest BCUT2D eigenvalue weighted by Crippen LogP contribution is 2.17. The first-order valence-electron chi connectivity index (χ1n) is 10.4. The van der Waals surface area contributed by atoms with Crippen LogP contribution in [0.25, 0.3) is 0 Å². The van der Waals surface area contributed by atoms with Gasteiger partial charge in [0.15, 0.2) is 0 Å². The Kier molecular flexibility index (Phi) is 20.0. The molecule has 0 aliphatic heterocycles. The fraction of sp³-hybridized carbons (Fsp3) is 0.952. The Morgan fingerprint density at radius 1 is 0.652 bits per heavy atom. The van der Waals surface area contributed by atoms with E-state index in [2.05, 4.69) is 6.92 Å². The van der Waals surface area contributed by atoms with Crippen LogP contribution in [-0.2, 0) is 4.79 Å². The molecule has 138 valence electrons. The van der Waals surface area contributed by atoms with Crippen LogP contribution in [0.2, 0.25) is 0 Å². The van der Waals surface area contributed by atoms with Crippen LogP contribution in [0.15, 0.2) is 0 Å². The summed E-state index contributed by atoms with van der Waals surface area (Å²) in [7, 11) is 0. The van der Waals surface area contributed by atoms with E-state index in [4.69, 9.17) is 11.6 Å². The van der Waals surface area contributed by atoms with Gasteiger partial charge in [0, 0.05) is 11.8 Å². The monoisotopic (exact) mass is 344 g/mol. The average Bonchev–Trinajstić information content (AvgIpc) is 2.57. The van der Waals surface area contributed by atoms with Crippen LogP contribution in [0.1, 0.15) is 116 Å². The fourth-order valence-corrected chi connectivity index (χ4v) is 3.39. The van der Waals surface area contributed by atoms with Crippen molar-refractivity contribution in [2.24, 2.45) is 5.92 Å². The topological polar surface area (TPSA) is 17.1 Å². The quantitative estimate of drug-likeness (QED) is 0.133. The van der Waals surface area contributed by atoms with Gasteiger partial charge in [-0.3, -0.25) is 0 Å². The minimum absolute atomic E-state index is 0.310. The molecule has 2 heteroatoms. The molecule has 0 aliphatic carbocycles. The maximum atomic E-state index is 11.1. The maximum absolute atomic E-state index is 11.1. The minimum Gasteiger partial charge on any atom is -0.303 e. The number of carbonyl (C=O) groups is 1. The van der Waals surface area contributed by atoms with Gasteiger partial charge >= 0.3 is 0 Å². The van der Waals surface area contributed by atoms with Crippen molar-refractivity contribution in [1.29, 1.82) is 0 Å². The zero-order valence-corrected chi connectivity index (χ0v) is 16.4. The molecule has 0 bridgehead atoms. The lowest BCUT2D eigenvalue weighted by atomic mass is 9.95. The van der Waals surface area contributed by atoms with Gasteiger partial charge in [0.05, 0.1) is 0 Å². The Morgan fingerprint density at radius 3 is 1.43 bits per heavy atom. The van der Waals surface area contributed by atoms with Gasteiger partial charge in [-0.1, -0.05) is 96.8 Å². The number of hydrogen-bond acceptors (Lipinski definition) is 1. The Hall–Kier alpha value is -0.0400. The van der Waals surface area contributed by atoms with E-state index in [0.29, 0.717) is 5.92 Å². The highest BCUT2D eigenvalue weighted by molar-refractivity contribution is 6.17. The van der Waals surface area contributed by atoms with Crippen LogP contribution >= 0.6 is 11.6 Å². The minimum atomic E-state index is 0.310. The summed E-state index contributed by atoms with van der Waals surface area (Å²) in [5.41, 5.74) is 0. The van der Waals surface area contributed by atoms with Gasteiger partial charge in [0.25, 0.3) is 0 Å². The fourth-order valence-electron chi connectivity index (χ4n) is 3.21.